The van der Waals surface area contributed by atoms with E-state index in [2.05, 4.69) is 29.6 Å². The summed E-state index contributed by atoms with van der Waals surface area (Å²) in [5, 5.41) is 3.03. The molecule has 3 aliphatic rings. The summed E-state index contributed by atoms with van der Waals surface area (Å²) in [5.74, 6) is 1.32. The zero-order valence-electron chi connectivity index (χ0n) is 17.8. The highest BCUT2D eigenvalue weighted by atomic mass is 19.1. The topological polar surface area (TPSA) is 47.6 Å². The summed E-state index contributed by atoms with van der Waals surface area (Å²) in [5.41, 5.74) is 4.61. The number of rotatable bonds is 4. The number of hydrogen-bond acceptors (Lipinski definition) is 3. The van der Waals surface area contributed by atoms with Crippen LogP contribution in [-0.2, 0) is 17.6 Å². The highest BCUT2D eigenvalue weighted by Crippen LogP contribution is 2.43. The SMILES string of the molecule is COc1ccc(F)c(C=CC2CCc3cc([C@H]4CC[C@]5(COC(=O)N5)C4)ccc3C2)c1. The second-order valence-corrected chi connectivity index (χ2v) is 9.20. The lowest BCUT2D eigenvalue weighted by Gasteiger charge is -2.24. The average Bonchev–Trinajstić information content (AvgIpc) is 3.37. The fraction of sp³-hybridized carbons (Fsp3) is 0.423. The molecule has 0 bridgehead atoms. The molecular formula is C26H28FNO3. The Labute approximate surface area is 182 Å². The smallest absolute Gasteiger partial charge is 0.407 e. The Morgan fingerprint density at radius 3 is 2.90 bits per heavy atom. The number of nitrogens with one attached hydrogen (secondary N) is 1. The van der Waals surface area contributed by atoms with Gasteiger partial charge in [-0.2, -0.15) is 0 Å². The van der Waals surface area contributed by atoms with Crippen molar-refractivity contribution in [3.05, 3.63) is 70.5 Å². The van der Waals surface area contributed by atoms with Gasteiger partial charge in [-0.25, -0.2) is 9.18 Å². The fourth-order valence-corrected chi connectivity index (χ4v) is 5.39. The van der Waals surface area contributed by atoms with E-state index in [0.717, 1.165) is 38.5 Å². The molecule has 1 saturated carbocycles. The number of aryl methyl sites for hydroxylation is 1. The first-order valence-electron chi connectivity index (χ1n) is 11.1. The van der Waals surface area contributed by atoms with Crippen LogP contribution in [0.15, 0.2) is 42.5 Å². The van der Waals surface area contributed by atoms with Crippen molar-refractivity contribution in [1.82, 2.24) is 5.32 Å². The molecule has 1 heterocycles. The van der Waals surface area contributed by atoms with E-state index in [1.807, 2.05) is 6.08 Å². The van der Waals surface area contributed by atoms with Crippen LogP contribution in [0.1, 0.15) is 53.9 Å². The van der Waals surface area contributed by atoms with Crippen molar-refractivity contribution in [2.24, 2.45) is 5.92 Å². The number of carbonyl (C=O) groups is 1. The van der Waals surface area contributed by atoms with Crippen molar-refractivity contribution in [2.45, 2.75) is 50.0 Å². The number of fused-ring (bicyclic) bond motifs is 1. The molecule has 2 aromatic rings. The Hall–Kier alpha value is -2.82. The number of amides is 1. The zero-order chi connectivity index (χ0) is 21.4. The molecule has 1 amide bonds. The van der Waals surface area contributed by atoms with Crippen LogP contribution in [0, 0.1) is 11.7 Å². The third-order valence-corrected chi connectivity index (χ3v) is 7.17. The number of halogens is 1. The first-order valence-corrected chi connectivity index (χ1v) is 11.1. The predicted molar refractivity (Wildman–Crippen MR) is 118 cm³/mol. The lowest BCUT2D eigenvalue weighted by atomic mass is 9.81. The van der Waals surface area contributed by atoms with Crippen molar-refractivity contribution in [3.63, 3.8) is 0 Å². The van der Waals surface area contributed by atoms with Gasteiger partial charge >= 0.3 is 6.09 Å². The molecule has 1 unspecified atom stereocenters. The molecule has 31 heavy (non-hydrogen) atoms. The number of cyclic esters (lactones) is 1. The third kappa shape index (κ3) is 4.06. The highest BCUT2D eigenvalue weighted by Gasteiger charge is 2.46. The van der Waals surface area contributed by atoms with Gasteiger partial charge in [-0.05, 0) is 85.3 Å². The molecule has 162 valence electrons. The molecule has 4 nitrogen and oxygen atoms in total. The normalized spacial score (nSPS) is 27.4. The summed E-state index contributed by atoms with van der Waals surface area (Å²) >= 11 is 0. The van der Waals surface area contributed by atoms with Gasteiger partial charge in [0.15, 0.2) is 0 Å². The van der Waals surface area contributed by atoms with Gasteiger partial charge in [0, 0.05) is 5.56 Å². The second-order valence-electron chi connectivity index (χ2n) is 9.20. The van der Waals surface area contributed by atoms with Crippen LogP contribution < -0.4 is 10.1 Å². The quantitative estimate of drug-likeness (QED) is 0.719. The van der Waals surface area contributed by atoms with E-state index in [-0.39, 0.29) is 17.4 Å². The first kappa shape index (κ1) is 20.1. The van der Waals surface area contributed by atoms with Crippen molar-refractivity contribution in [1.29, 1.82) is 0 Å². The summed E-state index contributed by atoms with van der Waals surface area (Å²) in [6, 6.07) is 11.7. The lowest BCUT2D eigenvalue weighted by Crippen LogP contribution is -2.40. The van der Waals surface area contributed by atoms with Crippen LogP contribution in [0.3, 0.4) is 0 Å². The molecule has 5 rings (SSSR count). The van der Waals surface area contributed by atoms with Crippen LogP contribution >= 0.6 is 0 Å². The van der Waals surface area contributed by atoms with E-state index in [4.69, 9.17) is 9.47 Å². The Bertz CT molecular complexity index is 1030. The number of methoxy groups -OCH3 is 1. The minimum atomic E-state index is -0.279. The van der Waals surface area contributed by atoms with Crippen LogP contribution in [0.4, 0.5) is 9.18 Å². The average molecular weight is 422 g/mol. The summed E-state index contributed by atoms with van der Waals surface area (Å²) < 4.78 is 24.5. The number of benzene rings is 2. The Kier molecular flexibility index (Phi) is 5.20. The molecular weight excluding hydrogens is 393 g/mol. The molecule has 5 heteroatoms. The predicted octanol–water partition coefficient (Wildman–Crippen LogP) is 5.40. The fourth-order valence-electron chi connectivity index (χ4n) is 5.39. The Morgan fingerprint density at radius 2 is 2.10 bits per heavy atom. The maximum absolute atomic E-state index is 14.1. The van der Waals surface area contributed by atoms with E-state index < -0.39 is 0 Å². The van der Waals surface area contributed by atoms with Gasteiger partial charge in [0.05, 0.1) is 12.6 Å². The molecule has 1 aliphatic heterocycles. The molecule has 2 fully saturated rings. The van der Waals surface area contributed by atoms with Gasteiger partial charge in [-0.3, -0.25) is 0 Å². The zero-order valence-corrected chi connectivity index (χ0v) is 17.8. The molecule has 2 aromatic carbocycles. The number of hydrogen-bond donors (Lipinski definition) is 1. The Morgan fingerprint density at radius 1 is 1.19 bits per heavy atom. The summed E-state index contributed by atoms with van der Waals surface area (Å²) in [6.45, 7) is 0.495. The van der Waals surface area contributed by atoms with Crippen molar-refractivity contribution >= 4 is 12.2 Å². The minimum Gasteiger partial charge on any atom is -0.497 e. The van der Waals surface area contributed by atoms with Crippen LogP contribution in [0.25, 0.3) is 6.08 Å². The first-order chi connectivity index (χ1) is 15.0. The van der Waals surface area contributed by atoms with E-state index in [1.165, 1.54) is 22.8 Å². The number of allylic oxidation sites excluding steroid dienone is 1. The van der Waals surface area contributed by atoms with Gasteiger partial charge in [-0.1, -0.05) is 30.4 Å². The maximum Gasteiger partial charge on any atom is 0.407 e. The Balaban J connectivity index is 1.26. The van der Waals surface area contributed by atoms with E-state index in [1.54, 1.807) is 19.2 Å². The van der Waals surface area contributed by atoms with Gasteiger partial charge in [0.1, 0.15) is 18.2 Å². The molecule has 1 spiro atoms. The highest BCUT2D eigenvalue weighted by molar-refractivity contribution is 5.71. The standard InChI is InChI=1S/C26H28FNO3/c1-30-23-8-9-24(27)21(14-23)5-3-17-2-4-19-13-20(7-6-18(19)12-17)22-10-11-26(15-22)16-31-25(29)28-26/h3,5-9,13-14,17,22H,2,4,10-12,15-16H2,1H3,(H,28,29)/t17?,22-,26+/m0/s1. The van der Waals surface area contributed by atoms with Crippen molar-refractivity contribution in [2.75, 3.05) is 13.7 Å². The number of carbonyl (C=O) groups excluding carboxylic acids is 1. The summed E-state index contributed by atoms with van der Waals surface area (Å²) in [4.78, 5) is 11.5. The molecule has 0 aromatic heterocycles. The molecule has 2 aliphatic carbocycles. The molecule has 0 radical (unpaired) electrons. The van der Waals surface area contributed by atoms with E-state index >= 15 is 0 Å². The third-order valence-electron chi connectivity index (χ3n) is 7.17. The molecule has 1 N–H and O–H groups in total. The van der Waals surface area contributed by atoms with Crippen molar-refractivity contribution < 1.29 is 18.7 Å². The van der Waals surface area contributed by atoms with Gasteiger partial charge in [0.2, 0.25) is 0 Å². The lowest BCUT2D eigenvalue weighted by molar-refractivity contribution is 0.172. The van der Waals surface area contributed by atoms with Crippen LogP contribution in [0.2, 0.25) is 0 Å². The summed E-state index contributed by atoms with van der Waals surface area (Å²) in [7, 11) is 1.59. The molecule has 1 saturated heterocycles. The van der Waals surface area contributed by atoms with Gasteiger partial charge < -0.3 is 14.8 Å². The second kappa shape index (κ2) is 8.03. The van der Waals surface area contributed by atoms with E-state index in [9.17, 15) is 9.18 Å². The molecule has 3 atom stereocenters. The van der Waals surface area contributed by atoms with Crippen molar-refractivity contribution in [3.8, 4) is 5.75 Å². The maximum atomic E-state index is 14.1. The number of ether oxygens (including phenoxy) is 2. The van der Waals surface area contributed by atoms with Crippen LogP contribution in [-0.4, -0.2) is 25.3 Å². The van der Waals surface area contributed by atoms with Gasteiger partial charge in [-0.15, -0.1) is 0 Å². The number of alkyl carbamates (subject to hydrolysis) is 1. The van der Waals surface area contributed by atoms with E-state index in [0.29, 0.717) is 29.8 Å². The van der Waals surface area contributed by atoms with Crippen LogP contribution in [0.5, 0.6) is 5.75 Å². The summed E-state index contributed by atoms with van der Waals surface area (Å²) in [6.07, 6.45) is 9.85. The largest absolute Gasteiger partial charge is 0.497 e. The monoisotopic (exact) mass is 421 g/mol. The minimum absolute atomic E-state index is 0.164. The van der Waals surface area contributed by atoms with Gasteiger partial charge in [0.25, 0.3) is 0 Å².